The van der Waals surface area contributed by atoms with Crippen molar-refractivity contribution >= 4 is 0 Å². The van der Waals surface area contributed by atoms with Gasteiger partial charge in [-0.3, -0.25) is 0 Å². The quantitative estimate of drug-likeness (QED) is 0.596. The summed E-state index contributed by atoms with van der Waals surface area (Å²) in [7, 11) is 1.90. The van der Waals surface area contributed by atoms with Crippen LogP contribution in [0, 0.1) is 0 Å². The minimum atomic E-state index is 0.323. The van der Waals surface area contributed by atoms with Gasteiger partial charge in [-0.1, -0.05) is 12.1 Å². The van der Waals surface area contributed by atoms with Crippen molar-refractivity contribution in [1.82, 2.24) is 25.9 Å². The van der Waals surface area contributed by atoms with Crippen molar-refractivity contribution in [2.24, 2.45) is 0 Å². The highest BCUT2D eigenvalue weighted by molar-refractivity contribution is 4.88. The smallest absolute Gasteiger partial charge is 0.178 e. The summed E-state index contributed by atoms with van der Waals surface area (Å²) >= 11 is 0. The second-order valence-corrected chi connectivity index (χ2v) is 2.23. The zero-order chi connectivity index (χ0) is 7.40. The summed E-state index contributed by atoms with van der Waals surface area (Å²) in [6.07, 6.45) is 0. The van der Waals surface area contributed by atoms with Crippen molar-refractivity contribution in [1.29, 1.82) is 0 Å². The Labute approximate surface area is 59.2 Å². The molecule has 1 atom stereocenters. The van der Waals surface area contributed by atoms with Crippen LogP contribution in [0.15, 0.2) is 0 Å². The highest BCUT2D eigenvalue weighted by Crippen LogP contribution is 2.04. The molecule has 0 radical (unpaired) electrons. The Morgan fingerprint density at radius 3 is 3.00 bits per heavy atom. The van der Waals surface area contributed by atoms with Crippen LogP contribution in [0.5, 0.6) is 0 Å². The molecule has 2 N–H and O–H groups in total. The number of nitrogens with one attached hydrogen (secondary N) is 2. The molecule has 0 fully saturated rings. The first-order chi connectivity index (χ1) is 4.84. The normalized spacial score (nSPS) is 13.4. The summed E-state index contributed by atoms with van der Waals surface area (Å²) in [5.41, 5.74) is 0. The number of hydrogen-bond donors (Lipinski definition) is 2. The maximum atomic E-state index is 3.85. The first kappa shape index (κ1) is 7.14. The molecule has 0 saturated heterocycles. The van der Waals surface area contributed by atoms with Crippen LogP contribution in [-0.2, 0) is 0 Å². The summed E-state index contributed by atoms with van der Waals surface area (Å²) in [6.45, 7) is 2.92. The van der Waals surface area contributed by atoms with E-state index in [1.165, 1.54) is 0 Å². The summed E-state index contributed by atoms with van der Waals surface area (Å²) < 4.78 is 0. The van der Waals surface area contributed by atoms with Crippen molar-refractivity contribution in [3.8, 4) is 0 Å². The lowest BCUT2D eigenvalue weighted by Crippen LogP contribution is -2.15. The standard InChI is InChI=1S/C5H11N5/c1-4(3-6-2)5-7-9-10-8-5/h4,6H,3H2,1-2H3,(H,7,8,9,10). The van der Waals surface area contributed by atoms with E-state index in [4.69, 9.17) is 0 Å². The molecule has 0 saturated carbocycles. The average molecular weight is 141 g/mol. The predicted octanol–water partition coefficient (Wildman–Crippen LogP) is -0.477. The van der Waals surface area contributed by atoms with Gasteiger partial charge in [-0.15, -0.1) is 10.2 Å². The zero-order valence-corrected chi connectivity index (χ0v) is 6.13. The largest absolute Gasteiger partial charge is 0.319 e. The Hall–Kier alpha value is -0.970. The molecule has 0 bridgehead atoms. The summed E-state index contributed by atoms with van der Waals surface area (Å²) in [5, 5.41) is 16.6. The minimum absolute atomic E-state index is 0.323. The van der Waals surface area contributed by atoms with E-state index in [1.807, 2.05) is 14.0 Å². The zero-order valence-electron chi connectivity index (χ0n) is 6.13. The Kier molecular flexibility index (Phi) is 2.33. The predicted molar refractivity (Wildman–Crippen MR) is 36.5 cm³/mol. The lowest BCUT2D eigenvalue weighted by Gasteiger charge is -2.02. The van der Waals surface area contributed by atoms with Gasteiger partial charge in [-0.05, 0) is 7.05 Å². The Balaban J connectivity index is 2.50. The van der Waals surface area contributed by atoms with E-state index in [1.54, 1.807) is 0 Å². The van der Waals surface area contributed by atoms with E-state index in [2.05, 4.69) is 25.9 Å². The second kappa shape index (κ2) is 3.26. The third-order valence-corrected chi connectivity index (χ3v) is 1.31. The van der Waals surface area contributed by atoms with E-state index >= 15 is 0 Å². The van der Waals surface area contributed by atoms with Crippen LogP contribution in [0.4, 0.5) is 0 Å². The molecule has 1 unspecified atom stereocenters. The van der Waals surface area contributed by atoms with E-state index in [9.17, 15) is 0 Å². The van der Waals surface area contributed by atoms with Crippen LogP contribution >= 0.6 is 0 Å². The molecule has 1 heterocycles. The second-order valence-electron chi connectivity index (χ2n) is 2.23. The summed E-state index contributed by atoms with van der Waals surface area (Å²) in [4.78, 5) is 0. The molecule has 1 aromatic heterocycles. The van der Waals surface area contributed by atoms with Gasteiger partial charge in [0.1, 0.15) is 0 Å². The van der Waals surface area contributed by atoms with Crippen LogP contribution < -0.4 is 5.32 Å². The van der Waals surface area contributed by atoms with Gasteiger partial charge in [-0.25, -0.2) is 0 Å². The number of tetrazole rings is 1. The fraction of sp³-hybridized carbons (Fsp3) is 0.800. The molecule has 1 aromatic rings. The van der Waals surface area contributed by atoms with Gasteiger partial charge in [0.2, 0.25) is 0 Å². The molecule has 0 aliphatic heterocycles. The van der Waals surface area contributed by atoms with E-state index < -0.39 is 0 Å². The van der Waals surface area contributed by atoms with E-state index in [0.717, 1.165) is 12.4 Å². The third-order valence-electron chi connectivity index (χ3n) is 1.31. The highest BCUT2D eigenvalue weighted by Gasteiger charge is 2.07. The summed E-state index contributed by atoms with van der Waals surface area (Å²) in [5.74, 6) is 1.08. The number of aromatic amines is 1. The molecular formula is C5H11N5. The fourth-order valence-corrected chi connectivity index (χ4v) is 0.776. The van der Waals surface area contributed by atoms with Crippen molar-refractivity contribution in [3.63, 3.8) is 0 Å². The molecule has 0 spiro atoms. The van der Waals surface area contributed by atoms with Crippen LogP contribution in [0.1, 0.15) is 18.7 Å². The van der Waals surface area contributed by atoms with Crippen LogP contribution in [0.25, 0.3) is 0 Å². The van der Waals surface area contributed by atoms with Crippen LogP contribution in [0.3, 0.4) is 0 Å². The van der Waals surface area contributed by atoms with E-state index in [-0.39, 0.29) is 0 Å². The molecule has 0 aliphatic carbocycles. The van der Waals surface area contributed by atoms with Crippen molar-refractivity contribution in [2.45, 2.75) is 12.8 Å². The molecule has 10 heavy (non-hydrogen) atoms. The van der Waals surface area contributed by atoms with Crippen molar-refractivity contribution in [3.05, 3.63) is 5.82 Å². The molecular weight excluding hydrogens is 130 g/mol. The van der Waals surface area contributed by atoms with Crippen LogP contribution in [0.2, 0.25) is 0 Å². The van der Waals surface area contributed by atoms with Gasteiger partial charge in [0.25, 0.3) is 0 Å². The number of nitrogens with zero attached hydrogens (tertiary/aromatic N) is 3. The number of aromatic nitrogens is 4. The maximum Gasteiger partial charge on any atom is 0.178 e. The first-order valence-electron chi connectivity index (χ1n) is 3.22. The first-order valence-corrected chi connectivity index (χ1v) is 3.22. The monoisotopic (exact) mass is 141 g/mol. The maximum absolute atomic E-state index is 3.85. The van der Waals surface area contributed by atoms with Gasteiger partial charge in [0.15, 0.2) is 5.82 Å². The van der Waals surface area contributed by atoms with Crippen molar-refractivity contribution in [2.75, 3.05) is 13.6 Å². The molecule has 0 aromatic carbocycles. The van der Waals surface area contributed by atoms with Gasteiger partial charge in [-0.2, -0.15) is 5.21 Å². The van der Waals surface area contributed by atoms with Gasteiger partial charge < -0.3 is 5.32 Å². The SMILES string of the molecule is CNCC(C)c1nn[nH]n1. The van der Waals surface area contributed by atoms with Crippen molar-refractivity contribution < 1.29 is 0 Å². The Morgan fingerprint density at radius 1 is 1.70 bits per heavy atom. The lowest BCUT2D eigenvalue weighted by atomic mass is 10.2. The number of rotatable bonds is 3. The molecule has 56 valence electrons. The lowest BCUT2D eigenvalue weighted by molar-refractivity contribution is 0.642. The number of H-pyrrole nitrogens is 1. The Morgan fingerprint density at radius 2 is 2.50 bits per heavy atom. The number of likely N-dealkylation sites (N-methyl/N-ethyl adjacent to an activating group) is 1. The summed E-state index contributed by atoms with van der Waals surface area (Å²) in [6, 6.07) is 0. The topological polar surface area (TPSA) is 66.5 Å². The highest BCUT2D eigenvalue weighted by atomic mass is 15.5. The molecule has 0 aliphatic rings. The average Bonchev–Trinajstić information content (AvgIpc) is 2.38. The molecule has 1 rings (SSSR count). The molecule has 5 nitrogen and oxygen atoms in total. The molecule has 0 amide bonds. The van der Waals surface area contributed by atoms with Gasteiger partial charge in [0.05, 0.1) is 0 Å². The Bertz CT molecular complexity index is 170. The van der Waals surface area contributed by atoms with Gasteiger partial charge >= 0.3 is 0 Å². The molecule has 5 heteroatoms. The fourth-order valence-electron chi connectivity index (χ4n) is 0.776. The van der Waals surface area contributed by atoms with E-state index in [0.29, 0.717) is 5.92 Å². The number of hydrogen-bond acceptors (Lipinski definition) is 4. The minimum Gasteiger partial charge on any atom is -0.319 e. The van der Waals surface area contributed by atoms with Crippen LogP contribution in [-0.4, -0.2) is 34.2 Å². The third kappa shape index (κ3) is 1.51. The van der Waals surface area contributed by atoms with Gasteiger partial charge in [0, 0.05) is 12.5 Å².